The fourth-order valence-corrected chi connectivity index (χ4v) is 2.53. The van der Waals surface area contributed by atoms with E-state index in [1.54, 1.807) is 6.33 Å². The van der Waals surface area contributed by atoms with Crippen LogP contribution in [0.2, 0.25) is 5.15 Å². The summed E-state index contributed by atoms with van der Waals surface area (Å²) in [5.41, 5.74) is 5.92. The summed E-state index contributed by atoms with van der Waals surface area (Å²) in [6.07, 6.45) is 3.53. The molecule has 1 aliphatic rings. The first-order valence-electron chi connectivity index (χ1n) is 5.35. The van der Waals surface area contributed by atoms with E-state index >= 15 is 0 Å². The summed E-state index contributed by atoms with van der Waals surface area (Å²) in [6, 6.07) is 6.46. The molecule has 2 aromatic rings. The monoisotopic (exact) mass is 228 g/mol. The third kappa shape index (κ3) is 1.43. The van der Waals surface area contributed by atoms with Gasteiger partial charge in [0, 0.05) is 5.56 Å². The lowest BCUT2D eigenvalue weighted by Crippen LogP contribution is -2.11. The van der Waals surface area contributed by atoms with Crippen molar-refractivity contribution < 1.29 is 0 Å². The maximum Gasteiger partial charge on any atom is 0.140 e. The maximum absolute atomic E-state index is 6.16. The van der Waals surface area contributed by atoms with Crippen LogP contribution in [0.25, 0.3) is 11.1 Å². The number of fused-ring (bicyclic) bond motifs is 3. The molecule has 0 amide bonds. The Bertz CT molecular complexity index is 569. The van der Waals surface area contributed by atoms with Gasteiger partial charge in [0.25, 0.3) is 0 Å². The Morgan fingerprint density at radius 3 is 2.94 bits per heavy atom. The highest BCUT2D eigenvalue weighted by atomic mass is 35.5. The third-order valence-corrected chi connectivity index (χ3v) is 3.33. The molecule has 16 heavy (non-hydrogen) atoms. The number of benzene rings is 1. The predicted octanol–water partition coefficient (Wildman–Crippen LogP) is 1.15. The highest BCUT2D eigenvalue weighted by molar-refractivity contribution is 6.33. The molecule has 0 N–H and O–H groups in total. The van der Waals surface area contributed by atoms with Crippen molar-refractivity contribution in [2.75, 3.05) is 0 Å². The number of aromatic nitrogens is 2. The van der Waals surface area contributed by atoms with Crippen LogP contribution in [-0.2, 0) is 12.8 Å². The summed E-state index contributed by atoms with van der Waals surface area (Å²) in [5, 5.41) is 0.565. The molecule has 0 atom stereocenters. The Morgan fingerprint density at radius 2 is 2.06 bits per heavy atom. The summed E-state index contributed by atoms with van der Waals surface area (Å²) >= 11 is 6.16. The molecule has 1 aromatic carbocycles. The topological polar surface area (TPSA) is 25.8 Å². The third-order valence-electron chi connectivity index (χ3n) is 3.04. The van der Waals surface area contributed by atoms with Crippen molar-refractivity contribution in [2.45, 2.75) is 12.8 Å². The van der Waals surface area contributed by atoms with Crippen LogP contribution in [0.5, 0.6) is 0 Å². The number of nitrogens with zero attached hydrogens (tertiary/aromatic N) is 2. The lowest BCUT2D eigenvalue weighted by atomic mass is 9.84. The van der Waals surface area contributed by atoms with Crippen LogP contribution in [0.4, 0.5) is 0 Å². The Hall–Kier alpha value is -1.35. The Kier molecular flexibility index (Phi) is 2.21. The summed E-state index contributed by atoms with van der Waals surface area (Å²) in [6.45, 7) is 0. The van der Waals surface area contributed by atoms with Gasteiger partial charge >= 0.3 is 0 Å². The van der Waals surface area contributed by atoms with Crippen molar-refractivity contribution >= 4 is 24.9 Å². The van der Waals surface area contributed by atoms with Gasteiger partial charge in [-0.1, -0.05) is 35.3 Å². The van der Waals surface area contributed by atoms with Gasteiger partial charge in [0.1, 0.15) is 19.3 Å². The molecule has 1 heterocycles. The first kappa shape index (κ1) is 9.85. The summed E-state index contributed by atoms with van der Waals surface area (Å²) in [5.74, 6) is 0. The molecule has 0 spiro atoms. The average molecular weight is 228 g/mol. The highest BCUT2D eigenvalue weighted by Gasteiger charge is 2.20. The summed E-state index contributed by atoms with van der Waals surface area (Å²) < 4.78 is 0. The lowest BCUT2D eigenvalue weighted by Gasteiger charge is -2.19. The van der Waals surface area contributed by atoms with E-state index in [1.807, 2.05) is 0 Å². The molecule has 4 heteroatoms. The second-order valence-electron chi connectivity index (χ2n) is 4.15. The first-order chi connectivity index (χ1) is 7.75. The summed E-state index contributed by atoms with van der Waals surface area (Å²) in [4.78, 5) is 8.37. The van der Waals surface area contributed by atoms with E-state index in [9.17, 15) is 0 Å². The van der Waals surface area contributed by atoms with E-state index in [4.69, 9.17) is 11.6 Å². The van der Waals surface area contributed by atoms with E-state index in [0.717, 1.165) is 24.1 Å². The number of rotatable bonds is 0. The van der Waals surface area contributed by atoms with Crippen molar-refractivity contribution in [3.63, 3.8) is 0 Å². The van der Waals surface area contributed by atoms with Crippen molar-refractivity contribution in [2.24, 2.45) is 0 Å². The minimum atomic E-state index is 0.565. The van der Waals surface area contributed by atoms with Crippen LogP contribution in [0.3, 0.4) is 0 Å². The minimum absolute atomic E-state index is 0.565. The number of hydrogen-bond donors (Lipinski definition) is 0. The molecule has 0 unspecified atom stereocenters. The molecule has 1 aromatic heterocycles. The normalized spacial score (nSPS) is 13.1. The molecule has 0 fully saturated rings. The highest BCUT2D eigenvalue weighted by Crippen LogP contribution is 2.35. The Labute approximate surface area is 100 Å². The molecular weight excluding hydrogens is 218 g/mol. The van der Waals surface area contributed by atoms with Crippen LogP contribution in [0.15, 0.2) is 24.5 Å². The molecule has 78 valence electrons. The SMILES string of the molecule is Bc1ccc2c(c1)CCc1ncnc(Cl)c1-2. The van der Waals surface area contributed by atoms with Gasteiger partial charge in [-0.3, -0.25) is 0 Å². The van der Waals surface area contributed by atoms with Crippen LogP contribution in [0.1, 0.15) is 11.3 Å². The number of aryl methyl sites for hydroxylation is 2. The molecule has 2 nitrogen and oxygen atoms in total. The summed E-state index contributed by atoms with van der Waals surface area (Å²) in [7, 11) is 2.11. The van der Waals surface area contributed by atoms with Gasteiger partial charge in [0.15, 0.2) is 0 Å². The van der Waals surface area contributed by atoms with Gasteiger partial charge in [0.05, 0.1) is 5.69 Å². The molecule has 0 aliphatic heterocycles. The van der Waals surface area contributed by atoms with Crippen molar-refractivity contribution in [1.29, 1.82) is 0 Å². The molecule has 0 saturated heterocycles. The maximum atomic E-state index is 6.16. The smallest absolute Gasteiger partial charge is 0.140 e. The standard InChI is InChI=1S/C12H10BClN2/c13-8-2-3-9-7(5-8)1-4-10-11(9)12(14)16-6-15-10/h2-3,5-6H,1,4,13H2. The zero-order valence-corrected chi connectivity index (χ0v) is 9.75. The van der Waals surface area contributed by atoms with Gasteiger partial charge < -0.3 is 0 Å². The lowest BCUT2D eigenvalue weighted by molar-refractivity contribution is 0.884. The first-order valence-corrected chi connectivity index (χ1v) is 5.73. The molecule has 3 rings (SSSR count). The molecule has 0 bridgehead atoms. The average Bonchev–Trinajstić information content (AvgIpc) is 2.29. The van der Waals surface area contributed by atoms with Crippen LogP contribution >= 0.6 is 11.6 Å². The van der Waals surface area contributed by atoms with Crippen LogP contribution < -0.4 is 5.46 Å². The molecular formula is C12H10BClN2. The van der Waals surface area contributed by atoms with E-state index < -0.39 is 0 Å². The minimum Gasteiger partial charge on any atom is -0.241 e. The van der Waals surface area contributed by atoms with Gasteiger partial charge in [0.2, 0.25) is 0 Å². The molecule has 1 aliphatic carbocycles. The van der Waals surface area contributed by atoms with Gasteiger partial charge in [-0.2, -0.15) is 0 Å². The Morgan fingerprint density at radius 1 is 1.19 bits per heavy atom. The van der Waals surface area contributed by atoms with Crippen LogP contribution in [-0.4, -0.2) is 17.8 Å². The van der Waals surface area contributed by atoms with Crippen molar-refractivity contribution in [1.82, 2.24) is 9.97 Å². The number of hydrogen-bond acceptors (Lipinski definition) is 2. The van der Waals surface area contributed by atoms with E-state index in [0.29, 0.717) is 5.15 Å². The fourth-order valence-electron chi connectivity index (χ4n) is 2.28. The van der Waals surface area contributed by atoms with E-state index in [1.165, 1.54) is 16.6 Å². The quantitative estimate of drug-likeness (QED) is 0.499. The van der Waals surface area contributed by atoms with E-state index in [2.05, 4.69) is 36.0 Å². The van der Waals surface area contributed by atoms with Gasteiger partial charge in [-0.05, 0) is 24.0 Å². The van der Waals surface area contributed by atoms with Crippen molar-refractivity contribution in [3.8, 4) is 11.1 Å². The second-order valence-corrected chi connectivity index (χ2v) is 4.50. The predicted molar refractivity (Wildman–Crippen MR) is 68.1 cm³/mol. The van der Waals surface area contributed by atoms with Crippen molar-refractivity contribution in [3.05, 3.63) is 40.9 Å². The molecule has 0 radical (unpaired) electrons. The fraction of sp³-hybridized carbons (Fsp3) is 0.167. The van der Waals surface area contributed by atoms with E-state index in [-0.39, 0.29) is 0 Å². The zero-order valence-electron chi connectivity index (χ0n) is 9.00. The molecule has 0 saturated carbocycles. The van der Waals surface area contributed by atoms with Gasteiger partial charge in [-0.25, -0.2) is 9.97 Å². The Balaban J connectivity index is 2.30. The van der Waals surface area contributed by atoms with Crippen LogP contribution in [0, 0.1) is 0 Å². The number of halogens is 1. The largest absolute Gasteiger partial charge is 0.241 e. The zero-order chi connectivity index (χ0) is 11.1. The second kappa shape index (κ2) is 3.60. The van der Waals surface area contributed by atoms with Gasteiger partial charge in [-0.15, -0.1) is 0 Å².